The van der Waals surface area contributed by atoms with Crippen molar-refractivity contribution in [3.8, 4) is 0 Å². The van der Waals surface area contributed by atoms with E-state index >= 15 is 0 Å². The third-order valence-electron chi connectivity index (χ3n) is 6.03. The first-order valence-corrected chi connectivity index (χ1v) is 9.78. The Morgan fingerprint density at radius 3 is 1.30 bits per heavy atom. The third kappa shape index (κ3) is 3.97. The summed E-state index contributed by atoms with van der Waals surface area (Å²) in [5, 5.41) is 14.8. The first-order valence-electron chi connectivity index (χ1n) is 9.78. The van der Waals surface area contributed by atoms with E-state index < -0.39 is 0 Å². The van der Waals surface area contributed by atoms with E-state index in [2.05, 4.69) is 106 Å². The average molecular weight is 368 g/mol. The smallest absolute Gasteiger partial charge is 0.0627 e. The van der Waals surface area contributed by atoms with Crippen molar-refractivity contribution in [3.05, 3.63) is 59.7 Å². The molecule has 1 aliphatic rings. The van der Waals surface area contributed by atoms with Gasteiger partial charge >= 0.3 is 0 Å². The van der Waals surface area contributed by atoms with Crippen LogP contribution in [0, 0.1) is 11.8 Å². The van der Waals surface area contributed by atoms with E-state index in [-0.39, 0.29) is 30.0 Å². The Morgan fingerprint density at radius 1 is 0.667 bits per heavy atom. The molecule has 4 heteroatoms. The van der Waals surface area contributed by atoms with Gasteiger partial charge in [0.1, 0.15) is 0 Å². The van der Waals surface area contributed by atoms with Gasteiger partial charge in [-0.15, -0.1) is 0 Å². The average Bonchev–Trinajstić information content (AvgIpc) is 2.66. The molecule has 1 unspecified atom stereocenters. The molecule has 3 rings (SSSR count). The number of piperidine rings is 1. The Hall–Kier alpha value is -2.04. The molecule has 0 aromatic heterocycles. The van der Waals surface area contributed by atoms with Crippen molar-refractivity contribution >= 4 is 11.4 Å². The first kappa shape index (κ1) is 19.7. The van der Waals surface area contributed by atoms with E-state index in [9.17, 15) is 5.11 Å². The molecule has 0 bridgehead atoms. The molecule has 0 spiro atoms. The second-order valence-corrected chi connectivity index (χ2v) is 8.30. The second-order valence-electron chi connectivity index (χ2n) is 8.30. The van der Waals surface area contributed by atoms with Gasteiger partial charge in [0, 0.05) is 63.5 Å². The Labute approximate surface area is 163 Å². The zero-order valence-electron chi connectivity index (χ0n) is 17.3. The van der Waals surface area contributed by atoms with E-state index in [0.717, 1.165) is 0 Å². The Morgan fingerprint density at radius 2 is 1.00 bits per heavy atom. The number of aliphatic hydroxyl groups is 1. The van der Waals surface area contributed by atoms with Crippen molar-refractivity contribution in [2.24, 2.45) is 11.8 Å². The number of hydrogen-bond donors (Lipinski definition) is 2. The SMILES string of the molecule is C[C@@H]1C(O)[C@H](C)[C@H](c2ccc(N(C)C)cc2)N[C@@H]1c1ccc(N(C)C)cc1. The molecule has 2 aromatic carbocycles. The Balaban J connectivity index is 1.87. The molecule has 146 valence electrons. The summed E-state index contributed by atoms with van der Waals surface area (Å²) in [5.74, 6) is 0.310. The van der Waals surface area contributed by atoms with Crippen molar-refractivity contribution in [1.29, 1.82) is 0 Å². The van der Waals surface area contributed by atoms with Crippen LogP contribution in [0.2, 0.25) is 0 Å². The van der Waals surface area contributed by atoms with Gasteiger partial charge in [0.2, 0.25) is 0 Å². The van der Waals surface area contributed by atoms with Crippen LogP contribution in [0.15, 0.2) is 48.5 Å². The highest BCUT2D eigenvalue weighted by Crippen LogP contribution is 2.41. The molecule has 1 heterocycles. The van der Waals surface area contributed by atoms with Gasteiger partial charge in [0.25, 0.3) is 0 Å². The molecule has 0 radical (unpaired) electrons. The molecule has 2 aromatic rings. The largest absolute Gasteiger partial charge is 0.392 e. The zero-order chi connectivity index (χ0) is 19.7. The van der Waals surface area contributed by atoms with Crippen LogP contribution >= 0.6 is 0 Å². The molecular formula is C23H33N3O. The van der Waals surface area contributed by atoms with E-state index in [1.54, 1.807) is 0 Å². The van der Waals surface area contributed by atoms with Gasteiger partial charge < -0.3 is 20.2 Å². The molecule has 1 aliphatic heterocycles. The maximum absolute atomic E-state index is 10.9. The molecule has 4 nitrogen and oxygen atoms in total. The number of nitrogens with zero attached hydrogens (tertiary/aromatic N) is 2. The first-order chi connectivity index (χ1) is 12.8. The molecule has 5 atom stereocenters. The number of rotatable bonds is 4. The van der Waals surface area contributed by atoms with Gasteiger partial charge in [-0.25, -0.2) is 0 Å². The van der Waals surface area contributed by atoms with Gasteiger partial charge in [-0.2, -0.15) is 0 Å². The summed E-state index contributed by atoms with van der Waals surface area (Å²) in [4.78, 5) is 4.21. The third-order valence-corrected chi connectivity index (χ3v) is 6.03. The van der Waals surface area contributed by atoms with E-state index in [1.807, 2.05) is 0 Å². The molecule has 2 N–H and O–H groups in total. The zero-order valence-corrected chi connectivity index (χ0v) is 17.3. The van der Waals surface area contributed by atoms with Crippen molar-refractivity contribution < 1.29 is 5.11 Å². The van der Waals surface area contributed by atoms with Gasteiger partial charge in [0.15, 0.2) is 0 Å². The quantitative estimate of drug-likeness (QED) is 0.861. The minimum Gasteiger partial charge on any atom is -0.392 e. The van der Waals surface area contributed by atoms with Gasteiger partial charge in [-0.05, 0) is 35.4 Å². The van der Waals surface area contributed by atoms with Crippen LogP contribution in [0.4, 0.5) is 11.4 Å². The van der Waals surface area contributed by atoms with Crippen LogP contribution in [-0.4, -0.2) is 39.4 Å². The van der Waals surface area contributed by atoms with Crippen molar-refractivity contribution in [2.45, 2.75) is 32.0 Å². The predicted molar refractivity (Wildman–Crippen MR) is 114 cm³/mol. The molecule has 0 amide bonds. The monoisotopic (exact) mass is 367 g/mol. The maximum atomic E-state index is 10.9. The van der Waals surface area contributed by atoms with Crippen LogP contribution in [0.1, 0.15) is 37.1 Å². The molecule has 0 saturated carbocycles. The van der Waals surface area contributed by atoms with Crippen molar-refractivity contribution in [3.63, 3.8) is 0 Å². The van der Waals surface area contributed by atoms with Crippen LogP contribution in [-0.2, 0) is 0 Å². The number of aliphatic hydroxyl groups excluding tert-OH is 1. The van der Waals surface area contributed by atoms with E-state index in [0.29, 0.717) is 0 Å². The van der Waals surface area contributed by atoms with Crippen molar-refractivity contribution in [1.82, 2.24) is 5.32 Å². The summed E-state index contributed by atoms with van der Waals surface area (Å²) in [6.07, 6.45) is -0.344. The lowest BCUT2D eigenvalue weighted by Crippen LogP contribution is -2.48. The highest BCUT2D eigenvalue weighted by molar-refractivity contribution is 5.48. The summed E-state index contributed by atoms with van der Waals surface area (Å²) in [6.45, 7) is 4.29. The van der Waals surface area contributed by atoms with Crippen LogP contribution in [0.5, 0.6) is 0 Å². The highest BCUT2D eigenvalue weighted by Gasteiger charge is 2.40. The minimum atomic E-state index is -0.344. The number of benzene rings is 2. The maximum Gasteiger partial charge on any atom is 0.0627 e. The van der Waals surface area contributed by atoms with Crippen LogP contribution < -0.4 is 15.1 Å². The van der Waals surface area contributed by atoms with Gasteiger partial charge in [-0.3, -0.25) is 0 Å². The summed E-state index contributed by atoms with van der Waals surface area (Å²) in [6, 6.07) is 17.6. The van der Waals surface area contributed by atoms with Crippen molar-refractivity contribution in [2.75, 3.05) is 38.0 Å². The summed E-state index contributed by atoms with van der Waals surface area (Å²) < 4.78 is 0. The fraction of sp³-hybridized carbons (Fsp3) is 0.478. The molecule has 1 fully saturated rings. The molecule has 0 aliphatic carbocycles. The molecule has 27 heavy (non-hydrogen) atoms. The topological polar surface area (TPSA) is 38.7 Å². The van der Waals surface area contributed by atoms with Crippen LogP contribution in [0.3, 0.4) is 0 Å². The molecular weight excluding hydrogens is 334 g/mol. The Bertz CT molecular complexity index is 676. The standard InChI is InChI=1S/C23H33N3O/c1-15-21(17-7-11-19(12-8-17)25(3)4)24-22(16(2)23(15)27)18-9-13-20(14-10-18)26(5)6/h7-16,21-24,27H,1-6H3/t15-,16+,21-,22+,23?. The van der Waals surface area contributed by atoms with Gasteiger partial charge in [0.05, 0.1) is 6.10 Å². The molecule has 1 saturated heterocycles. The highest BCUT2D eigenvalue weighted by atomic mass is 16.3. The Kier molecular flexibility index (Phi) is 5.78. The van der Waals surface area contributed by atoms with E-state index in [1.165, 1.54) is 22.5 Å². The van der Waals surface area contributed by atoms with E-state index in [4.69, 9.17) is 0 Å². The van der Waals surface area contributed by atoms with Crippen LogP contribution in [0.25, 0.3) is 0 Å². The number of nitrogens with one attached hydrogen (secondary N) is 1. The lowest BCUT2D eigenvalue weighted by Gasteiger charge is -2.44. The lowest BCUT2D eigenvalue weighted by molar-refractivity contribution is -0.00676. The minimum absolute atomic E-state index is 0.130. The summed E-state index contributed by atoms with van der Waals surface area (Å²) in [7, 11) is 8.20. The fourth-order valence-electron chi connectivity index (χ4n) is 4.13. The fourth-order valence-corrected chi connectivity index (χ4v) is 4.13. The second kappa shape index (κ2) is 7.91. The number of hydrogen-bond acceptors (Lipinski definition) is 4. The predicted octanol–water partition coefficient (Wildman–Crippen LogP) is 3.84. The van der Waals surface area contributed by atoms with Gasteiger partial charge in [-0.1, -0.05) is 38.1 Å². The summed E-state index contributed by atoms with van der Waals surface area (Å²) in [5.41, 5.74) is 4.84. The normalized spacial score (nSPS) is 28.0. The lowest BCUT2D eigenvalue weighted by atomic mass is 9.75. The summed E-state index contributed by atoms with van der Waals surface area (Å²) >= 11 is 0. The number of anilines is 2.